The topological polar surface area (TPSA) is 35.9 Å². The van der Waals surface area contributed by atoms with Crippen molar-refractivity contribution < 1.29 is 35.3 Å². The largest absolute Gasteiger partial charge is 0.458 e. The van der Waals surface area contributed by atoms with Crippen molar-refractivity contribution in [2.45, 2.75) is 156 Å². The van der Waals surface area contributed by atoms with Gasteiger partial charge in [0, 0.05) is 45.0 Å². The molecule has 0 spiro atoms. The van der Waals surface area contributed by atoms with Crippen LogP contribution < -0.4 is 9.30 Å². The molecule has 0 bridgehead atoms. The maximum atomic E-state index is 10.6. The third-order valence-corrected chi connectivity index (χ3v) is 17.7. The summed E-state index contributed by atoms with van der Waals surface area (Å²) < 4.78 is 192. The number of ether oxygens (including phenoxy) is 1. The van der Waals surface area contributed by atoms with E-state index in [1.54, 1.807) is 22.8 Å². The van der Waals surface area contributed by atoms with Gasteiger partial charge in [-0.15, -0.1) is 0 Å². The molecule has 0 unspecified atom stereocenters. The van der Waals surface area contributed by atoms with E-state index in [-0.39, 0.29) is 27.3 Å². The van der Waals surface area contributed by atoms with Crippen LogP contribution in [-0.4, -0.2) is 14.1 Å². The van der Waals surface area contributed by atoms with Gasteiger partial charge in [-0.3, -0.25) is 13.7 Å². The van der Waals surface area contributed by atoms with Crippen LogP contribution in [-0.2, 0) is 32.5 Å². The summed E-state index contributed by atoms with van der Waals surface area (Å²) in [5, 5.41) is 1.97. The molecule has 0 saturated heterocycles. The van der Waals surface area contributed by atoms with Crippen LogP contribution in [0, 0.1) is 6.33 Å². The normalized spacial score (nSPS) is 19.4. The minimum Gasteiger partial charge on any atom is -0.458 e. The summed E-state index contributed by atoms with van der Waals surface area (Å²) in [6.07, 6.45) is -3.39. The van der Waals surface area contributed by atoms with Crippen LogP contribution in [0.5, 0.6) is 11.5 Å². The second kappa shape index (κ2) is 20.4. The van der Waals surface area contributed by atoms with Gasteiger partial charge in [0.2, 0.25) is 0 Å². The van der Waals surface area contributed by atoms with E-state index >= 15 is 0 Å². The molecule has 89 heavy (non-hydrogen) atoms. The number of nitrogens with zero attached hydrogens (tertiary/aromatic N) is 4. The van der Waals surface area contributed by atoms with Crippen molar-refractivity contribution in [3.8, 4) is 84.3 Å². The Balaban J connectivity index is 1.15. The quantitative estimate of drug-likeness (QED) is 0.123. The van der Waals surface area contributed by atoms with Gasteiger partial charge in [0.15, 0.2) is 0 Å². The lowest BCUT2D eigenvalue weighted by atomic mass is 9.63. The molecule has 2 aliphatic rings. The number of para-hydroxylation sites is 1. The third kappa shape index (κ3) is 10.0. The first-order valence-corrected chi connectivity index (χ1v) is 30.4. The van der Waals surface area contributed by atoms with E-state index in [4.69, 9.17) is 17.9 Å². The Hall–Kier alpha value is -8.80. The molecule has 446 valence electrons. The van der Waals surface area contributed by atoms with E-state index in [1.807, 2.05) is 108 Å². The number of hydrogen-bond donors (Lipinski definition) is 0. The minimum absolute atomic E-state index is 0.173. The maximum Gasteiger partial charge on any atom is 0.269 e. The van der Waals surface area contributed by atoms with Crippen molar-refractivity contribution >= 4 is 32.8 Å². The molecule has 12 aromatic rings. The molecule has 0 atom stereocenters. The van der Waals surface area contributed by atoms with E-state index in [1.165, 1.54) is 0 Å². The molecule has 4 heterocycles. The summed E-state index contributed by atoms with van der Waals surface area (Å²) >= 11 is 0. The highest BCUT2D eigenvalue weighted by atomic mass is 16.5. The Kier molecular flexibility index (Phi) is 9.15. The summed E-state index contributed by atoms with van der Waals surface area (Å²) in [5.41, 5.74) is -0.244. The second-order valence-corrected chi connectivity index (χ2v) is 28.3. The van der Waals surface area contributed by atoms with Gasteiger partial charge in [-0.2, -0.15) is 0 Å². The second-order valence-electron chi connectivity index (χ2n) is 28.3. The molecule has 1 aliphatic heterocycles. The minimum atomic E-state index is -4.54. The lowest BCUT2D eigenvalue weighted by Gasteiger charge is -2.42. The SMILES string of the molecule is [2H]c1c([2H])c2c(c([2H])c1-c1cc3c4c(c1)n(-c1cccc(Oc5ccc6c7ccccc7n(-c7cc(C(C)(C)C)ccn7)c6c5)c1)[c-][n+]4-c1c(-c4cc(C(C)(C)C)cc(C(C)(C)C)c4)cc(C(C)(C)C)cc1-c1ccccc1-c1ccccc1-3)C(C([2H])([2H])[2H])(C([2H])([2H])[2H])C([2H])([2H])C([2H])([2H])C2(C([2H])([2H])[2H])C([2H])([2H])[2H]. The number of pyridine rings is 1. The number of imidazole rings is 1. The molecule has 5 heteroatoms. The molecule has 3 aromatic heterocycles. The molecule has 0 saturated carbocycles. The van der Waals surface area contributed by atoms with Crippen LogP contribution in [0.3, 0.4) is 0 Å². The Morgan fingerprint density at radius 1 is 0.483 bits per heavy atom. The lowest BCUT2D eigenvalue weighted by molar-refractivity contribution is -0.570. The van der Waals surface area contributed by atoms with Crippen LogP contribution in [0.25, 0.3) is 106 Å². The zero-order chi connectivity index (χ0) is 78.7. The van der Waals surface area contributed by atoms with Gasteiger partial charge in [0.1, 0.15) is 17.3 Å². The monoisotopic (exact) mass is 1180 g/mol. The summed E-state index contributed by atoms with van der Waals surface area (Å²) in [7, 11) is 0. The van der Waals surface area contributed by atoms with Crippen LogP contribution >= 0.6 is 0 Å². The highest BCUT2D eigenvalue weighted by Crippen LogP contribution is 2.51. The fourth-order valence-electron chi connectivity index (χ4n) is 12.7. The Labute approximate surface area is 554 Å². The fraction of sp³-hybridized carbons (Fsp3) is 0.286. The zero-order valence-corrected chi connectivity index (χ0v) is 52.4. The molecular weight excluding hydrogens is 1080 g/mol. The zero-order valence-electron chi connectivity index (χ0n) is 71.4. The molecule has 0 amide bonds. The van der Waals surface area contributed by atoms with Gasteiger partial charge in [0.05, 0.1) is 37.6 Å². The van der Waals surface area contributed by atoms with Crippen molar-refractivity contribution in [1.82, 2.24) is 14.1 Å². The maximum absolute atomic E-state index is 10.6. The van der Waals surface area contributed by atoms with E-state index in [0.29, 0.717) is 45.1 Å². The summed E-state index contributed by atoms with van der Waals surface area (Å²) in [6.45, 7) is 9.04. The van der Waals surface area contributed by atoms with E-state index < -0.39 is 91.2 Å². The number of fused-ring (bicyclic) bond motifs is 11. The fourth-order valence-corrected chi connectivity index (χ4v) is 12.7. The van der Waals surface area contributed by atoms with Gasteiger partial charge in [-0.1, -0.05) is 238 Å². The summed E-state index contributed by atoms with van der Waals surface area (Å²) in [5.74, 6) is 1.56. The average Bonchev–Trinajstić information content (AvgIpc) is 0.739. The first-order chi connectivity index (χ1) is 49.9. The molecular formula is C84H84N4O. The van der Waals surface area contributed by atoms with Crippen LogP contribution in [0.4, 0.5) is 0 Å². The van der Waals surface area contributed by atoms with Crippen molar-refractivity contribution in [3.05, 3.63) is 234 Å². The van der Waals surface area contributed by atoms with Gasteiger partial charge < -0.3 is 4.74 Å². The summed E-state index contributed by atoms with van der Waals surface area (Å²) in [4.78, 5) is 4.90. The van der Waals surface area contributed by atoms with Gasteiger partial charge in [-0.25, -0.2) is 4.98 Å². The van der Waals surface area contributed by atoms with E-state index in [0.717, 1.165) is 77.7 Å². The van der Waals surface area contributed by atoms with E-state index in [2.05, 4.69) is 149 Å². The third-order valence-electron chi connectivity index (χ3n) is 17.7. The van der Waals surface area contributed by atoms with Crippen molar-refractivity contribution in [1.29, 1.82) is 0 Å². The van der Waals surface area contributed by atoms with Gasteiger partial charge >= 0.3 is 0 Å². The molecule has 14 rings (SSSR count). The Morgan fingerprint density at radius 3 is 1.73 bits per heavy atom. The highest BCUT2D eigenvalue weighted by molar-refractivity contribution is 6.10. The smallest absolute Gasteiger partial charge is 0.269 e. The predicted octanol–water partition coefficient (Wildman–Crippen LogP) is 22.2. The lowest BCUT2D eigenvalue weighted by Crippen LogP contribution is -2.33. The number of rotatable bonds is 6. The summed E-state index contributed by atoms with van der Waals surface area (Å²) in [6, 6.07) is 51.5. The standard InChI is InChI=1S/C84H84N4O/c1-79(2,3)55-36-39-85-76(48-55)88-73-31-22-21-30-66(73)67-34-33-61(50-74(67)88)89-60-25-23-24-59(49-60)86-51-87-77-68(54-40-56(80(4,5)6)45-57(41-54)81(7,8)9)46-58(82(10,11)12)47-70(77)65-29-20-18-27-63(65)62-26-17-19-28-64(62)69-42-53(44-75(86)78(69)87)52-32-35-71-72(43-52)84(15,16)38-37-83(71,13)14/h17-36,39-50H,37-38H2,1-16H3/i13D3,14D3,15D3,16D3,32D,35D,37D2,38D2,43D. The molecule has 9 aromatic carbocycles. The van der Waals surface area contributed by atoms with Crippen molar-refractivity contribution in [2.24, 2.45) is 0 Å². The number of aromatic nitrogens is 4. The Bertz CT molecular complexity index is 5660. The first-order valence-electron chi connectivity index (χ1n) is 39.9. The van der Waals surface area contributed by atoms with E-state index in [9.17, 15) is 17.8 Å². The number of benzene rings is 9. The Morgan fingerprint density at radius 2 is 1.07 bits per heavy atom. The molecule has 5 nitrogen and oxygen atoms in total. The molecule has 1 aliphatic carbocycles. The van der Waals surface area contributed by atoms with Crippen LogP contribution in [0.15, 0.2) is 194 Å². The molecule has 0 radical (unpaired) electrons. The highest BCUT2D eigenvalue weighted by Gasteiger charge is 2.38. The molecule has 0 N–H and O–H groups in total. The van der Waals surface area contributed by atoms with Gasteiger partial charge in [-0.05, 0) is 189 Å². The van der Waals surface area contributed by atoms with Gasteiger partial charge in [0.25, 0.3) is 6.33 Å². The first kappa shape index (κ1) is 40.0. The predicted molar refractivity (Wildman–Crippen MR) is 373 cm³/mol. The van der Waals surface area contributed by atoms with Crippen molar-refractivity contribution in [2.75, 3.05) is 0 Å². The number of hydrogen-bond acceptors (Lipinski definition) is 2. The van der Waals surface area contributed by atoms with Crippen LogP contribution in [0.2, 0.25) is 0 Å². The average molecular weight is 1180 g/mol. The van der Waals surface area contributed by atoms with Crippen LogP contribution in [0.1, 0.15) is 183 Å². The molecule has 0 fully saturated rings. The van der Waals surface area contributed by atoms with Crippen molar-refractivity contribution in [3.63, 3.8) is 0 Å².